The number of aliphatic hydroxyl groups excluding tert-OH is 1. The van der Waals surface area contributed by atoms with E-state index in [1.165, 1.54) is 0 Å². The van der Waals surface area contributed by atoms with Crippen molar-refractivity contribution in [3.8, 4) is 6.07 Å². The smallest absolute Gasteiger partial charge is 0.0621 e. The molecular weight excluding hydrogens is 176 g/mol. The van der Waals surface area contributed by atoms with Gasteiger partial charge in [-0.05, 0) is 25.7 Å². The fraction of sp³-hybridized carbons (Fsp3) is 0.909. The quantitative estimate of drug-likeness (QED) is 0.682. The van der Waals surface area contributed by atoms with Crippen LogP contribution in [0.2, 0.25) is 0 Å². The Morgan fingerprint density at radius 3 is 2.29 bits per heavy atom. The summed E-state index contributed by atoms with van der Waals surface area (Å²) in [7, 11) is 0. The molecule has 0 aromatic rings. The average Bonchev–Trinajstić information content (AvgIpc) is 2.12. The second-order valence-corrected chi connectivity index (χ2v) is 5.22. The molecule has 0 aliphatic heterocycles. The summed E-state index contributed by atoms with van der Waals surface area (Å²) >= 11 is 0. The van der Waals surface area contributed by atoms with Crippen molar-refractivity contribution < 1.29 is 5.11 Å². The lowest BCUT2D eigenvalue weighted by Gasteiger charge is -2.31. The summed E-state index contributed by atoms with van der Waals surface area (Å²) in [5, 5.41) is 20.8. The lowest BCUT2D eigenvalue weighted by atomic mass is 9.87. The Kier molecular flexibility index (Phi) is 5.11. The molecule has 0 aromatic carbocycles. The highest BCUT2D eigenvalue weighted by Gasteiger charge is 2.22. The molecule has 0 saturated heterocycles. The van der Waals surface area contributed by atoms with Crippen LogP contribution in [0.5, 0.6) is 0 Å². The van der Waals surface area contributed by atoms with Crippen LogP contribution in [0.15, 0.2) is 0 Å². The van der Waals surface area contributed by atoms with Crippen molar-refractivity contribution in [2.24, 2.45) is 5.41 Å². The van der Waals surface area contributed by atoms with Gasteiger partial charge in [0.2, 0.25) is 0 Å². The standard InChI is InChI=1S/C11H22N2O/c1-10(2,6-5-7-12)8-13-11(3,4)9-14/h13-14H,5-6,8-9H2,1-4H3. The molecule has 0 radical (unpaired) electrons. The van der Waals surface area contributed by atoms with Crippen LogP contribution in [-0.4, -0.2) is 23.8 Å². The zero-order chi connectivity index (χ0) is 11.2. The minimum absolute atomic E-state index is 0.113. The van der Waals surface area contributed by atoms with E-state index in [4.69, 9.17) is 10.4 Å². The molecule has 2 N–H and O–H groups in total. The Labute approximate surface area is 87.1 Å². The van der Waals surface area contributed by atoms with Crippen LogP contribution in [0.1, 0.15) is 40.5 Å². The van der Waals surface area contributed by atoms with Crippen LogP contribution in [0.25, 0.3) is 0 Å². The molecule has 14 heavy (non-hydrogen) atoms. The number of nitrogens with one attached hydrogen (secondary N) is 1. The van der Waals surface area contributed by atoms with Crippen molar-refractivity contribution in [2.45, 2.75) is 46.1 Å². The first kappa shape index (κ1) is 13.4. The van der Waals surface area contributed by atoms with Gasteiger partial charge >= 0.3 is 0 Å². The van der Waals surface area contributed by atoms with Crippen molar-refractivity contribution in [3.63, 3.8) is 0 Å². The molecule has 0 aliphatic rings. The zero-order valence-corrected chi connectivity index (χ0v) is 9.72. The Bertz CT molecular complexity index is 204. The lowest BCUT2D eigenvalue weighted by Crippen LogP contribution is -2.46. The molecule has 3 nitrogen and oxygen atoms in total. The molecule has 0 unspecified atom stereocenters. The summed E-state index contributed by atoms with van der Waals surface area (Å²) in [5.41, 5.74) is -0.119. The van der Waals surface area contributed by atoms with Crippen molar-refractivity contribution in [1.29, 1.82) is 5.26 Å². The van der Waals surface area contributed by atoms with Crippen molar-refractivity contribution in [2.75, 3.05) is 13.2 Å². The third-order valence-electron chi connectivity index (χ3n) is 2.35. The van der Waals surface area contributed by atoms with Crippen LogP contribution < -0.4 is 5.32 Å². The molecule has 0 heterocycles. The number of hydrogen-bond donors (Lipinski definition) is 2. The van der Waals surface area contributed by atoms with Gasteiger partial charge in [0.25, 0.3) is 0 Å². The number of nitriles is 1. The van der Waals surface area contributed by atoms with Gasteiger partial charge in [-0.2, -0.15) is 5.26 Å². The van der Waals surface area contributed by atoms with E-state index in [1.54, 1.807) is 0 Å². The highest BCUT2D eigenvalue weighted by Crippen LogP contribution is 2.21. The van der Waals surface area contributed by atoms with Crippen LogP contribution in [0.3, 0.4) is 0 Å². The molecule has 0 aromatic heterocycles. The maximum absolute atomic E-state index is 9.05. The van der Waals surface area contributed by atoms with Crippen LogP contribution in [0, 0.1) is 16.7 Å². The fourth-order valence-electron chi connectivity index (χ4n) is 1.02. The van der Waals surface area contributed by atoms with Crippen LogP contribution in [0.4, 0.5) is 0 Å². The summed E-state index contributed by atoms with van der Waals surface area (Å²) < 4.78 is 0. The van der Waals surface area contributed by atoms with Crippen LogP contribution >= 0.6 is 0 Å². The largest absolute Gasteiger partial charge is 0.394 e. The molecule has 0 bridgehead atoms. The van der Waals surface area contributed by atoms with Gasteiger partial charge in [-0.1, -0.05) is 13.8 Å². The Morgan fingerprint density at radius 2 is 1.86 bits per heavy atom. The molecule has 0 spiro atoms. The molecule has 0 rings (SSSR count). The second kappa shape index (κ2) is 5.33. The first-order valence-electron chi connectivity index (χ1n) is 5.06. The highest BCUT2D eigenvalue weighted by molar-refractivity contribution is 4.83. The topological polar surface area (TPSA) is 56.0 Å². The van der Waals surface area contributed by atoms with Crippen LogP contribution in [-0.2, 0) is 0 Å². The molecule has 82 valence electrons. The second-order valence-electron chi connectivity index (χ2n) is 5.22. The van der Waals surface area contributed by atoms with Gasteiger partial charge in [0, 0.05) is 18.5 Å². The van der Waals surface area contributed by atoms with Gasteiger partial charge in [0.15, 0.2) is 0 Å². The first-order valence-corrected chi connectivity index (χ1v) is 5.06. The van der Waals surface area contributed by atoms with Gasteiger partial charge in [-0.25, -0.2) is 0 Å². The predicted octanol–water partition coefficient (Wildman–Crippen LogP) is 1.68. The first-order chi connectivity index (χ1) is 6.33. The predicted molar refractivity (Wildman–Crippen MR) is 57.8 cm³/mol. The minimum atomic E-state index is -0.232. The van der Waals surface area contributed by atoms with E-state index in [-0.39, 0.29) is 17.6 Å². The maximum atomic E-state index is 9.05. The van der Waals surface area contributed by atoms with Gasteiger partial charge in [-0.15, -0.1) is 0 Å². The van der Waals surface area contributed by atoms with Gasteiger partial charge in [0.1, 0.15) is 0 Å². The van der Waals surface area contributed by atoms with E-state index < -0.39 is 0 Å². The molecule has 0 aliphatic carbocycles. The van der Waals surface area contributed by atoms with E-state index in [0.29, 0.717) is 6.42 Å². The Hall–Kier alpha value is -0.590. The van der Waals surface area contributed by atoms with E-state index in [9.17, 15) is 0 Å². The number of hydrogen-bond acceptors (Lipinski definition) is 3. The molecule has 0 atom stereocenters. The Morgan fingerprint density at radius 1 is 1.29 bits per heavy atom. The van der Waals surface area contributed by atoms with Gasteiger partial charge < -0.3 is 10.4 Å². The maximum Gasteiger partial charge on any atom is 0.0621 e. The molecule has 0 fully saturated rings. The molecule has 3 heteroatoms. The third kappa shape index (κ3) is 5.95. The molecule has 0 amide bonds. The fourth-order valence-corrected chi connectivity index (χ4v) is 1.02. The minimum Gasteiger partial charge on any atom is -0.394 e. The highest BCUT2D eigenvalue weighted by atomic mass is 16.3. The van der Waals surface area contributed by atoms with E-state index in [0.717, 1.165) is 13.0 Å². The average molecular weight is 198 g/mol. The number of rotatable bonds is 6. The van der Waals surface area contributed by atoms with E-state index in [2.05, 4.69) is 25.2 Å². The van der Waals surface area contributed by atoms with E-state index >= 15 is 0 Å². The lowest BCUT2D eigenvalue weighted by molar-refractivity contribution is 0.168. The summed E-state index contributed by atoms with van der Waals surface area (Å²) in [6.45, 7) is 9.14. The normalized spacial score (nSPS) is 12.6. The van der Waals surface area contributed by atoms with Gasteiger partial charge in [-0.3, -0.25) is 0 Å². The zero-order valence-electron chi connectivity index (χ0n) is 9.72. The monoisotopic (exact) mass is 198 g/mol. The third-order valence-corrected chi connectivity index (χ3v) is 2.35. The van der Waals surface area contributed by atoms with Crippen molar-refractivity contribution >= 4 is 0 Å². The summed E-state index contributed by atoms with van der Waals surface area (Å²) in [4.78, 5) is 0. The number of nitrogens with zero attached hydrogens (tertiary/aromatic N) is 1. The molecule has 0 saturated carbocycles. The van der Waals surface area contributed by atoms with Crippen molar-refractivity contribution in [1.82, 2.24) is 5.32 Å². The Balaban J connectivity index is 3.93. The SMILES string of the molecule is CC(C)(CCC#N)CNC(C)(C)CO. The molecular formula is C11H22N2O. The summed E-state index contributed by atoms with van der Waals surface area (Å²) in [6.07, 6.45) is 1.48. The van der Waals surface area contributed by atoms with Gasteiger partial charge in [0.05, 0.1) is 12.7 Å². The number of aliphatic hydroxyl groups is 1. The van der Waals surface area contributed by atoms with Crippen molar-refractivity contribution in [3.05, 3.63) is 0 Å². The van der Waals surface area contributed by atoms with E-state index in [1.807, 2.05) is 13.8 Å². The summed E-state index contributed by atoms with van der Waals surface area (Å²) in [6, 6.07) is 2.16. The summed E-state index contributed by atoms with van der Waals surface area (Å²) in [5.74, 6) is 0.